The molecule has 116 valence electrons. The molecule has 1 aliphatic rings. The molecule has 2 aromatic rings. The second kappa shape index (κ2) is 6.17. The second-order valence-electron chi connectivity index (χ2n) is 5.16. The Morgan fingerprint density at radius 1 is 1.36 bits per heavy atom. The molecule has 0 atom stereocenters. The number of hydrogen-bond acceptors (Lipinski definition) is 4. The van der Waals surface area contributed by atoms with Gasteiger partial charge in [0, 0.05) is 12.6 Å². The van der Waals surface area contributed by atoms with Crippen molar-refractivity contribution in [1.29, 1.82) is 0 Å². The lowest BCUT2D eigenvalue weighted by molar-refractivity contribution is 0.0588. The number of fused-ring (bicyclic) bond motifs is 3. The van der Waals surface area contributed by atoms with Crippen molar-refractivity contribution in [2.45, 2.75) is 25.8 Å². The molecule has 0 amide bonds. The van der Waals surface area contributed by atoms with Gasteiger partial charge in [0.15, 0.2) is 0 Å². The molecule has 0 unspecified atom stereocenters. The number of esters is 1. The molecule has 6 heteroatoms. The first-order valence-corrected chi connectivity index (χ1v) is 7.27. The number of carbonyl (C=O) groups is 1. The van der Waals surface area contributed by atoms with Crippen LogP contribution in [0.2, 0.25) is 0 Å². The topological polar surface area (TPSA) is 53.3 Å². The minimum Gasteiger partial charge on any atom is -0.493 e. The number of hydrogen-bond donors (Lipinski definition) is 0. The van der Waals surface area contributed by atoms with E-state index in [-0.39, 0.29) is 5.82 Å². The zero-order chi connectivity index (χ0) is 15.5. The summed E-state index contributed by atoms with van der Waals surface area (Å²) in [4.78, 5) is 16.2. The average molecular weight is 304 g/mol. The van der Waals surface area contributed by atoms with Crippen molar-refractivity contribution in [2.75, 3.05) is 13.7 Å². The Morgan fingerprint density at radius 3 is 3.05 bits per heavy atom. The van der Waals surface area contributed by atoms with E-state index in [0.717, 1.165) is 19.3 Å². The number of benzene rings is 1. The van der Waals surface area contributed by atoms with E-state index in [2.05, 4.69) is 4.98 Å². The molecule has 22 heavy (non-hydrogen) atoms. The van der Waals surface area contributed by atoms with Crippen molar-refractivity contribution in [2.24, 2.45) is 0 Å². The molecule has 0 aliphatic carbocycles. The van der Waals surface area contributed by atoms with Crippen molar-refractivity contribution < 1.29 is 18.7 Å². The van der Waals surface area contributed by atoms with Crippen LogP contribution in [0.25, 0.3) is 11.4 Å². The normalized spacial score (nSPS) is 14.5. The van der Waals surface area contributed by atoms with Gasteiger partial charge in [-0.25, -0.2) is 14.2 Å². The maximum Gasteiger partial charge on any atom is 0.356 e. The van der Waals surface area contributed by atoms with Crippen LogP contribution in [0.3, 0.4) is 0 Å². The number of halogens is 1. The quantitative estimate of drug-likeness (QED) is 0.760. The van der Waals surface area contributed by atoms with Crippen LogP contribution < -0.4 is 4.74 Å². The SMILES string of the molecule is COC(=O)c1cnc2n1CCCCCOc1cc(F)ccc1-2. The van der Waals surface area contributed by atoms with Gasteiger partial charge in [0.25, 0.3) is 0 Å². The Bertz CT molecular complexity index is 697. The summed E-state index contributed by atoms with van der Waals surface area (Å²) in [6.07, 6.45) is 4.25. The van der Waals surface area contributed by atoms with Gasteiger partial charge in [-0.2, -0.15) is 0 Å². The molecule has 2 heterocycles. The van der Waals surface area contributed by atoms with Gasteiger partial charge in [0.05, 0.1) is 25.5 Å². The highest BCUT2D eigenvalue weighted by Gasteiger charge is 2.21. The summed E-state index contributed by atoms with van der Waals surface area (Å²) in [6.45, 7) is 1.21. The Hall–Kier alpha value is -2.37. The summed E-state index contributed by atoms with van der Waals surface area (Å²) in [5, 5.41) is 0. The third-order valence-corrected chi connectivity index (χ3v) is 3.72. The maximum absolute atomic E-state index is 13.5. The first kappa shape index (κ1) is 14.6. The van der Waals surface area contributed by atoms with E-state index in [1.54, 1.807) is 6.07 Å². The minimum absolute atomic E-state index is 0.359. The molecule has 0 saturated heterocycles. The summed E-state index contributed by atoms with van der Waals surface area (Å²) in [6, 6.07) is 4.35. The predicted molar refractivity (Wildman–Crippen MR) is 78.3 cm³/mol. The molecular formula is C16H17FN2O3. The zero-order valence-electron chi connectivity index (χ0n) is 12.3. The largest absolute Gasteiger partial charge is 0.493 e. The second-order valence-corrected chi connectivity index (χ2v) is 5.16. The Kier molecular flexibility index (Phi) is 4.09. The Morgan fingerprint density at radius 2 is 2.23 bits per heavy atom. The van der Waals surface area contributed by atoms with Crippen LogP contribution in [0, 0.1) is 5.82 Å². The number of ether oxygens (including phenoxy) is 2. The first-order chi connectivity index (χ1) is 10.7. The van der Waals surface area contributed by atoms with Crippen LogP contribution in [0.4, 0.5) is 4.39 Å². The highest BCUT2D eigenvalue weighted by molar-refractivity contribution is 5.88. The van der Waals surface area contributed by atoms with E-state index in [1.807, 2.05) is 4.57 Å². The molecule has 0 spiro atoms. The Balaban J connectivity index is 2.14. The fourth-order valence-electron chi connectivity index (χ4n) is 2.62. The minimum atomic E-state index is -0.430. The van der Waals surface area contributed by atoms with Gasteiger partial charge >= 0.3 is 5.97 Å². The van der Waals surface area contributed by atoms with Crippen molar-refractivity contribution >= 4 is 5.97 Å². The number of imidazole rings is 1. The lowest BCUT2D eigenvalue weighted by Crippen LogP contribution is -2.13. The number of methoxy groups -OCH3 is 1. The third kappa shape index (κ3) is 2.68. The van der Waals surface area contributed by atoms with Crippen molar-refractivity contribution in [3.8, 4) is 17.1 Å². The number of aromatic nitrogens is 2. The van der Waals surface area contributed by atoms with Gasteiger partial charge in [0.1, 0.15) is 23.1 Å². The molecule has 1 aliphatic heterocycles. The lowest BCUT2D eigenvalue weighted by atomic mass is 10.1. The molecule has 0 bridgehead atoms. The number of rotatable bonds is 1. The van der Waals surface area contributed by atoms with Crippen molar-refractivity contribution in [1.82, 2.24) is 9.55 Å². The summed E-state index contributed by atoms with van der Waals surface area (Å²) >= 11 is 0. The maximum atomic E-state index is 13.5. The number of carbonyl (C=O) groups excluding carboxylic acids is 1. The van der Waals surface area contributed by atoms with Crippen LogP contribution >= 0.6 is 0 Å². The van der Waals surface area contributed by atoms with Gasteiger partial charge in [0.2, 0.25) is 0 Å². The molecule has 0 radical (unpaired) electrons. The summed E-state index contributed by atoms with van der Waals surface area (Å²) in [5.74, 6) is 0.255. The summed E-state index contributed by atoms with van der Waals surface area (Å²) < 4.78 is 25.8. The smallest absolute Gasteiger partial charge is 0.356 e. The molecule has 0 saturated carbocycles. The highest BCUT2D eigenvalue weighted by Crippen LogP contribution is 2.32. The molecule has 5 nitrogen and oxygen atoms in total. The molecule has 1 aromatic carbocycles. The molecule has 1 aromatic heterocycles. The van der Waals surface area contributed by atoms with Gasteiger partial charge in [-0.1, -0.05) is 0 Å². The van der Waals surface area contributed by atoms with Gasteiger partial charge in [-0.15, -0.1) is 0 Å². The van der Waals surface area contributed by atoms with Crippen LogP contribution in [0.5, 0.6) is 5.75 Å². The fourth-order valence-corrected chi connectivity index (χ4v) is 2.62. The van der Waals surface area contributed by atoms with Crippen molar-refractivity contribution in [3.05, 3.63) is 35.9 Å². The standard InChI is InChI=1S/C16H17FN2O3/c1-21-16(20)13-10-18-15-12-6-5-11(17)9-14(12)22-8-4-2-3-7-19(13)15/h5-6,9-10H,2-4,7-8H2,1H3. The van der Waals surface area contributed by atoms with Crippen LogP contribution in [-0.2, 0) is 11.3 Å². The van der Waals surface area contributed by atoms with E-state index < -0.39 is 5.97 Å². The summed E-state index contributed by atoms with van der Waals surface area (Å²) in [7, 11) is 1.34. The van der Waals surface area contributed by atoms with Crippen LogP contribution in [0.15, 0.2) is 24.4 Å². The first-order valence-electron chi connectivity index (χ1n) is 7.27. The lowest BCUT2D eigenvalue weighted by Gasteiger charge is -2.16. The van der Waals surface area contributed by atoms with E-state index in [4.69, 9.17) is 9.47 Å². The van der Waals surface area contributed by atoms with Gasteiger partial charge in [-0.05, 0) is 31.4 Å². The summed E-state index contributed by atoms with van der Waals surface area (Å²) in [5.41, 5.74) is 1.08. The van der Waals surface area contributed by atoms with E-state index in [0.29, 0.717) is 36.0 Å². The zero-order valence-corrected chi connectivity index (χ0v) is 12.3. The molecule has 0 fully saturated rings. The van der Waals surface area contributed by atoms with E-state index >= 15 is 0 Å². The van der Waals surface area contributed by atoms with E-state index in [1.165, 1.54) is 25.4 Å². The fraction of sp³-hybridized carbons (Fsp3) is 0.375. The van der Waals surface area contributed by atoms with Crippen LogP contribution in [0.1, 0.15) is 29.8 Å². The molecule has 3 rings (SSSR count). The third-order valence-electron chi connectivity index (χ3n) is 3.72. The van der Waals surface area contributed by atoms with Gasteiger partial charge < -0.3 is 14.0 Å². The monoisotopic (exact) mass is 304 g/mol. The Labute approximate surface area is 127 Å². The molecular weight excluding hydrogens is 287 g/mol. The highest BCUT2D eigenvalue weighted by atomic mass is 19.1. The van der Waals surface area contributed by atoms with Gasteiger partial charge in [-0.3, -0.25) is 0 Å². The molecule has 0 N–H and O–H groups in total. The predicted octanol–water partition coefficient (Wildman–Crippen LogP) is 3.04. The van der Waals surface area contributed by atoms with E-state index in [9.17, 15) is 9.18 Å². The number of nitrogens with zero attached hydrogens (tertiary/aromatic N) is 2. The van der Waals surface area contributed by atoms with Crippen molar-refractivity contribution in [3.63, 3.8) is 0 Å². The average Bonchev–Trinajstić information content (AvgIpc) is 2.94. The van der Waals surface area contributed by atoms with Crippen LogP contribution in [-0.4, -0.2) is 29.2 Å².